The van der Waals surface area contributed by atoms with Crippen LogP contribution in [0.5, 0.6) is 0 Å². The number of fused-ring (bicyclic) bond motifs is 3. The lowest BCUT2D eigenvalue weighted by Gasteiger charge is -2.26. The molecule has 0 saturated carbocycles. The zero-order valence-corrected chi connectivity index (χ0v) is 38.1. The molecule has 0 atom stereocenters. The third kappa shape index (κ3) is 7.97. The summed E-state index contributed by atoms with van der Waals surface area (Å²) in [5.74, 6) is 0. The molecule has 0 aliphatic heterocycles. The van der Waals surface area contributed by atoms with E-state index in [4.69, 9.17) is 0 Å². The normalized spacial score (nSPS) is 11.2. The molecule has 0 aromatic heterocycles. The highest BCUT2D eigenvalue weighted by Crippen LogP contribution is 2.48. The first-order valence-electron chi connectivity index (χ1n) is 23.7. The van der Waals surface area contributed by atoms with E-state index in [2.05, 4.69) is 290 Å². The first-order valence-corrected chi connectivity index (χ1v) is 23.7. The van der Waals surface area contributed by atoms with Crippen molar-refractivity contribution in [1.82, 2.24) is 0 Å². The van der Waals surface area contributed by atoms with Crippen LogP contribution in [0.25, 0.3) is 99.4 Å². The Morgan fingerprint density at radius 2 is 0.551 bits per heavy atom. The first-order chi connectivity index (χ1) is 34.2. The lowest BCUT2D eigenvalue weighted by molar-refractivity contribution is 1.28. The van der Waals surface area contributed by atoms with Crippen molar-refractivity contribution in [2.45, 2.75) is 0 Å². The van der Waals surface area contributed by atoms with Crippen LogP contribution >= 0.6 is 0 Å². The van der Waals surface area contributed by atoms with Crippen molar-refractivity contribution < 1.29 is 0 Å². The van der Waals surface area contributed by atoms with E-state index in [1.54, 1.807) is 0 Å². The predicted octanol–water partition coefficient (Wildman–Crippen LogP) is 19.1. The van der Waals surface area contributed by atoms with Gasteiger partial charge in [-0.25, -0.2) is 0 Å². The molecular formula is C68H47N. The minimum Gasteiger partial charge on any atom is -0.311 e. The zero-order chi connectivity index (χ0) is 45.9. The van der Waals surface area contributed by atoms with Gasteiger partial charge in [0.2, 0.25) is 0 Å². The Morgan fingerprint density at radius 1 is 0.188 bits per heavy atom. The zero-order valence-electron chi connectivity index (χ0n) is 38.1. The van der Waals surface area contributed by atoms with Crippen molar-refractivity contribution in [3.8, 4) is 77.9 Å². The molecule has 0 aliphatic rings. The third-order valence-corrected chi connectivity index (χ3v) is 13.5. The number of anilines is 3. The molecule has 0 aliphatic carbocycles. The van der Waals surface area contributed by atoms with Gasteiger partial charge in [0.05, 0.1) is 0 Å². The van der Waals surface area contributed by atoms with Gasteiger partial charge >= 0.3 is 0 Å². The van der Waals surface area contributed by atoms with E-state index in [0.717, 1.165) is 22.6 Å². The summed E-state index contributed by atoms with van der Waals surface area (Å²) in [4.78, 5) is 2.37. The Labute approximate surface area is 404 Å². The molecule has 1 heteroatoms. The summed E-state index contributed by atoms with van der Waals surface area (Å²) >= 11 is 0. The molecule has 1 nitrogen and oxygen atoms in total. The van der Waals surface area contributed by atoms with Gasteiger partial charge in [-0.1, -0.05) is 243 Å². The molecule has 12 rings (SSSR count). The molecule has 0 heterocycles. The van der Waals surface area contributed by atoms with Crippen molar-refractivity contribution in [3.63, 3.8) is 0 Å². The molecule has 0 saturated heterocycles. The van der Waals surface area contributed by atoms with E-state index in [9.17, 15) is 0 Å². The first kappa shape index (κ1) is 41.4. The molecule has 0 bridgehead atoms. The van der Waals surface area contributed by atoms with Crippen molar-refractivity contribution in [1.29, 1.82) is 0 Å². The lowest BCUT2D eigenvalue weighted by Crippen LogP contribution is -2.09. The predicted molar refractivity (Wildman–Crippen MR) is 294 cm³/mol. The number of nitrogens with zero attached hydrogens (tertiary/aromatic N) is 1. The van der Waals surface area contributed by atoms with Crippen LogP contribution in [0.15, 0.2) is 285 Å². The summed E-state index contributed by atoms with van der Waals surface area (Å²) in [5.41, 5.74) is 20.1. The van der Waals surface area contributed by atoms with Gasteiger partial charge in [-0.05, 0) is 142 Å². The Morgan fingerprint density at radius 3 is 1.09 bits per heavy atom. The summed E-state index contributed by atoms with van der Waals surface area (Å²) in [5, 5.41) is 5.00. The molecule has 0 unspecified atom stereocenters. The molecule has 0 spiro atoms. The maximum atomic E-state index is 2.37. The maximum absolute atomic E-state index is 2.37. The summed E-state index contributed by atoms with van der Waals surface area (Å²) in [7, 11) is 0. The van der Waals surface area contributed by atoms with Crippen LogP contribution in [0, 0.1) is 0 Å². The van der Waals surface area contributed by atoms with Crippen LogP contribution in [0.2, 0.25) is 0 Å². The van der Waals surface area contributed by atoms with Gasteiger partial charge in [0.25, 0.3) is 0 Å². The second-order valence-electron chi connectivity index (χ2n) is 17.6. The topological polar surface area (TPSA) is 3.24 Å². The fourth-order valence-corrected chi connectivity index (χ4v) is 10.2. The van der Waals surface area contributed by atoms with Gasteiger partial charge in [0.1, 0.15) is 0 Å². The molecule has 12 aromatic rings. The molecule has 12 aromatic carbocycles. The van der Waals surface area contributed by atoms with Crippen molar-refractivity contribution in [3.05, 3.63) is 285 Å². The number of hydrogen-bond donors (Lipinski definition) is 0. The van der Waals surface area contributed by atoms with E-state index >= 15 is 0 Å². The van der Waals surface area contributed by atoms with Gasteiger partial charge in [0.15, 0.2) is 0 Å². The van der Waals surface area contributed by atoms with Crippen molar-refractivity contribution in [2.24, 2.45) is 0 Å². The molecule has 324 valence electrons. The van der Waals surface area contributed by atoms with Gasteiger partial charge in [-0.15, -0.1) is 0 Å². The highest BCUT2D eigenvalue weighted by Gasteiger charge is 2.21. The van der Waals surface area contributed by atoms with E-state index in [1.165, 1.54) is 93.9 Å². The minimum absolute atomic E-state index is 1.08. The summed E-state index contributed by atoms with van der Waals surface area (Å²) in [6, 6.07) is 104. The molecule has 0 fully saturated rings. The molecular weight excluding hydrogens is 831 g/mol. The van der Waals surface area contributed by atoms with Gasteiger partial charge in [-0.3, -0.25) is 0 Å². The highest BCUT2D eigenvalue weighted by molar-refractivity contribution is 6.25. The Balaban J connectivity index is 0.989. The summed E-state index contributed by atoms with van der Waals surface area (Å²) in [6.45, 7) is 0. The van der Waals surface area contributed by atoms with E-state index < -0.39 is 0 Å². The highest BCUT2D eigenvalue weighted by atomic mass is 15.1. The average Bonchev–Trinajstić information content (AvgIpc) is 3.44. The summed E-state index contributed by atoms with van der Waals surface area (Å²) in [6.07, 6.45) is 0. The van der Waals surface area contributed by atoms with Crippen LogP contribution in [-0.4, -0.2) is 0 Å². The molecule has 0 N–H and O–H groups in total. The smallest absolute Gasteiger partial charge is 0.0462 e. The third-order valence-electron chi connectivity index (χ3n) is 13.5. The van der Waals surface area contributed by atoms with Gasteiger partial charge in [0, 0.05) is 17.1 Å². The van der Waals surface area contributed by atoms with Crippen LogP contribution in [0.3, 0.4) is 0 Å². The van der Waals surface area contributed by atoms with Crippen LogP contribution in [0.1, 0.15) is 0 Å². The SMILES string of the molecule is c1ccc(-c2ccc(N(c3ccc(-c4ccc(-c5ccccc5)cc4-c4ccccc4)cc3)c3ccc(-c4cccc5c4c(-c4ccccc4)c(-c4ccccc4)c4ccccc45)cc3)cc2)cc1. The Hall–Kier alpha value is -9.04. The van der Waals surface area contributed by atoms with Crippen LogP contribution < -0.4 is 4.90 Å². The quantitative estimate of drug-likeness (QED) is 0.124. The van der Waals surface area contributed by atoms with E-state index in [1.807, 2.05) is 0 Å². The Kier molecular flexibility index (Phi) is 11.0. The van der Waals surface area contributed by atoms with Gasteiger partial charge < -0.3 is 4.90 Å². The fraction of sp³-hybridized carbons (Fsp3) is 0. The second kappa shape index (κ2) is 18.3. The lowest BCUT2D eigenvalue weighted by atomic mass is 9.82. The number of rotatable bonds is 10. The molecule has 0 amide bonds. The molecule has 69 heavy (non-hydrogen) atoms. The largest absolute Gasteiger partial charge is 0.311 e. The minimum atomic E-state index is 1.08. The van der Waals surface area contributed by atoms with E-state index in [-0.39, 0.29) is 0 Å². The van der Waals surface area contributed by atoms with Crippen LogP contribution in [0.4, 0.5) is 17.1 Å². The maximum Gasteiger partial charge on any atom is 0.0462 e. The standard InChI is InChI=1S/C68H47N/c1-6-19-48(20-7-1)50-33-40-57(41-34-50)69(58-42-35-52(36-43-58)60-46-39-56(49-21-8-2-9-22-49)47-65(60)51-23-10-3-11-24-51)59-44-37-53(38-45-59)61-31-18-32-64-62-29-16-17-30-63(62)66(54-25-12-4-13-26-54)67(68(61)64)55-27-14-5-15-28-55/h1-47H. The number of hydrogen-bond acceptors (Lipinski definition) is 1. The fourth-order valence-electron chi connectivity index (χ4n) is 10.2. The average molecular weight is 878 g/mol. The number of benzene rings is 12. The second-order valence-corrected chi connectivity index (χ2v) is 17.6. The summed E-state index contributed by atoms with van der Waals surface area (Å²) < 4.78 is 0. The van der Waals surface area contributed by atoms with Crippen molar-refractivity contribution >= 4 is 38.6 Å². The van der Waals surface area contributed by atoms with Gasteiger partial charge in [-0.2, -0.15) is 0 Å². The van der Waals surface area contributed by atoms with Crippen molar-refractivity contribution in [2.75, 3.05) is 4.90 Å². The van der Waals surface area contributed by atoms with E-state index in [0.29, 0.717) is 0 Å². The monoisotopic (exact) mass is 877 g/mol. The van der Waals surface area contributed by atoms with Crippen LogP contribution in [-0.2, 0) is 0 Å². The molecule has 0 radical (unpaired) electrons. The Bertz CT molecular complexity index is 3700.